The summed E-state index contributed by atoms with van der Waals surface area (Å²) in [5, 5.41) is 14.7. The number of nitrogens with one attached hydrogen (secondary N) is 2. The van der Waals surface area contributed by atoms with Crippen molar-refractivity contribution in [1.29, 1.82) is 0 Å². The molecule has 0 aromatic heterocycles. The summed E-state index contributed by atoms with van der Waals surface area (Å²) in [6, 6.07) is 15.6. The Kier molecular flexibility index (Phi) is 9.18. The van der Waals surface area contributed by atoms with E-state index in [0.29, 0.717) is 5.56 Å². The van der Waals surface area contributed by atoms with Crippen LogP contribution in [0.15, 0.2) is 59.6 Å². The Labute approximate surface area is 191 Å². The maximum absolute atomic E-state index is 12.2. The molecule has 170 valence electrons. The van der Waals surface area contributed by atoms with Crippen molar-refractivity contribution in [3.63, 3.8) is 0 Å². The van der Waals surface area contributed by atoms with Gasteiger partial charge in [0.2, 0.25) is 5.91 Å². The van der Waals surface area contributed by atoms with Crippen LogP contribution in [0.2, 0.25) is 0 Å². The van der Waals surface area contributed by atoms with Gasteiger partial charge in [0.1, 0.15) is 12.4 Å². The van der Waals surface area contributed by atoms with Crippen molar-refractivity contribution in [2.75, 3.05) is 6.54 Å². The first kappa shape index (κ1) is 24.8. The molecule has 2 atom stereocenters. The van der Waals surface area contributed by atoms with Crippen molar-refractivity contribution >= 4 is 36.2 Å². The number of amidine groups is 1. The number of halogens is 1. The van der Waals surface area contributed by atoms with Gasteiger partial charge in [-0.3, -0.25) is 9.59 Å². The van der Waals surface area contributed by atoms with Crippen molar-refractivity contribution in [3.8, 4) is 0 Å². The van der Waals surface area contributed by atoms with Gasteiger partial charge in [0.05, 0.1) is 12.0 Å². The topological polar surface area (TPSA) is 143 Å². The van der Waals surface area contributed by atoms with Crippen molar-refractivity contribution in [2.45, 2.75) is 25.6 Å². The maximum atomic E-state index is 12.2. The van der Waals surface area contributed by atoms with Crippen LogP contribution in [0.4, 0.5) is 4.79 Å². The second kappa shape index (κ2) is 11.8. The fourth-order valence-electron chi connectivity index (χ4n) is 3.14. The molecular weight excluding hydrogens is 436 g/mol. The number of hydrogen-bond donors (Lipinski definition) is 4. The van der Waals surface area contributed by atoms with Crippen LogP contribution >= 0.6 is 12.4 Å². The first-order valence-electron chi connectivity index (χ1n) is 9.80. The molecule has 0 saturated carbocycles. The summed E-state index contributed by atoms with van der Waals surface area (Å²) in [5.74, 6) is -1.66. The average Bonchev–Trinajstić information content (AvgIpc) is 3.28. The first-order chi connectivity index (χ1) is 14.9. The minimum atomic E-state index is -0.901. The lowest BCUT2D eigenvalue weighted by Gasteiger charge is -2.11. The van der Waals surface area contributed by atoms with Crippen molar-refractivity contribution in [2.24, 2.45) is 16.6 Å². The average molecular weight is 461 g/mol. The monoisotopic (exact) mass is 460 g/mol. The van der Waals surface area contributed by atoms with Gasteiger partial charge in [-0.15, -0.1) is 12.4 Å². The Morgan fingerprint density at radius 3 is 2.41 bits per heavy atom. The molecule has 1 heterocycles. The van der Waals surface area contributed by atoms with Gasteiger partial charge in [-0.2, -0.15) is 4.99 Å². The standard InChI is InChI=1S/C22H24N4O5.ClH/c23-19(26-22(30)31-13-15-4-2-1-3-5-15)16-8-6-14(7-9-16)11-25-20(27)18-10-17(12-24-18)21(28)29;/h1-9,17-18,24H,10-13H2,(H,25,27)(H,28,29)(H2,23,26,30);1H/t17-,18+;/m1./s1. The number of aliphatic carboxylic acids is 1. The van der Waals surface area contributed by atoms with E-state index < -0.39 is 24.0 Å². The summed E-state index contributed by atoms with van der Waals surface area (Å²) >= 11 is 0. The van der Waals surface area contributed by atoms with Gasteiger partial charge in [0.15, 0.2) is 0 Å². The summed E-state index contributed by atoms with van der Waals surface area (Å²) in [7, 11) is 0. The number of carboxylic acids is 1. The highest BCUT2D eigenvalue weighted by Crippen LogP contribution is 2.14. The van der Waals surface area contributed by atoms with Crippen LogP contribution in [0.5, 0.6) is 0 Å². The van der Waals surface area contributed by atoms with Gasteiger partial charge < -0.3 is 26.2 Å². The molecule has 5 N–H and O–H groups in total. The zero-order chi connectivity index (χ0) is 22.2. The minimum Gasteiger partial charge on any atom is -0.481 e. The second-order valence-corrected chi connectivity index (χ2v) is 7.18. The third-order valence-electron chi connectivity index (χ3n) is 4.93. The van der Waals surface area contributed by atoms with E-state index >= 15 is 0 Å². The molecule has 1 aliphatic heterocycles. The molecule has 10 heteroatoms. The molecule has 1 aliphatic rings. The maximum Gasteiger partial charge on any atom is 0.435 e. The number of aliphatic imine (C=N–C) groups is 1. The van der Waals surface area contributed by atoms with E-state index in [1.54, 1.807) is 24.3 Å². The lowest BCUT2D eigenvalue weighted by atomic mass is 10.1. The van der Waals surface area contributed by atoms with Gasteiger partial charge >= 0.3 is 12.1 Å². The van der Waals surface area contributed by atoms with Gasteiger partial charge in [-0.25, -0.2) is 4.79 Å². The Balaban J connectivity index is 0.00000363. The molecule has 9 nitrogen and oxygen atoms in total. The molecule has 2 aromatic rings. The molecule has 3 rings (SSSR count). The number of carbonyl (C=O) groups excluding carboxylic acids is 2. The summed E-state index contributed by atoms with van der Waals surface area (Å²) in [6.45, 7) is 0.678. The minimum absolute atomic E-state index is 0. The van der Waals surface area contributed by atoms with Crippen LogP contribution in [0, 0.1) is 5.92 Å². The normalized spacial score (nSPS) is 17.8. The van der Waals surface area contributed by atoms with E-state index in [2.05, 4.69) is 15.6 Å². The third kappa shape index (κ3) is 7.07. The van der Waals surface area contributed by atoms with Gasteiger partial charge in [-0.05, 0) is 17.5 Å². The van der Waals surface area contributed by atoms with Crippen molar-refractivity contribution in [1.82, 2.24) is 10.6 Å². The number of benzene rings is 2. The number of amides is 2. The SMILES string of the molecule is Cl.NC(=NC(=O)OCc1ccccc1)c1ccc(CNC(=O)[C@@H]2C[C@@H](C(=O)O)CN2)cc1. The van der Waals surface area contributed by atoms with E-state index in [9.17, 15) is 14.4 Å². The smallest absolute Gasteiger partial charge is 0.435 e. The van der Waals surface area contributed by atoms with Crippen LogP contribution in [0.25, 0.3) is 0 Å². The predicted octanol–water partition coefficient (Wildman–Crippen LogP) is 1.83. The van der Waals surface area contributed by atoms with E-state index in [4.69, 9.17) is 15.6 Å². The Morgan fingerprint density at radius 2 is 1.78 bits per heavy atom. The van der Waals surface area contributed by atoms with Crippen molar-refractivity contribution in [3.05, 3.63) is 71.3 Å². The molecule has 0 spiro atoms. The molecule has 0 unspecified atom stereocenters. The molecule has 0 bridgehead atoms. The number of carbonyl (C=O) groups is 3. The molecule has 2 amide bonds. The van der Waals surface area contributed by atoms with Crippen LogP contribution < -0.4 is 16.4 Å². The predicted molar refractivity (Wildman–Crippen MR) is 120 cm³/mol. The number of carboxylic acid groups (broad SMARTS) is 1. The molecule has 0 aliphatic carbocycles. The quantitative estimate of drug-likeness (QED) is 0.364. The lowest BCUT2D eigenvalue weighted by Crippen LogP contribution is -2.40. The van der Waals surface area contributed by atoms with Crippen LogP contribution in [0.3, 0.4) is 0 Å². The summed E-state index contributed by atoms with van der Waals surface area (Å²) in [6.07, 6.45) is -0.505. The summed E-state index contributed by atoms with van der Waals surface area (Å²) in [5.41, 5.74) is 8.10. The van der Waals surface area contributed by atoms with Gasteiger partial charge in [-0.1, -0.05) is 54.6 Å². The Hall–Kier alpha value is -3.43. The number of rotatable bonds is 7. The zero-order valence-electron chi connectivity index (χ0n) is 17.2. The number of ether oxygens (including phenoxy) is 1. The van der Waals surface area contributed by atoms with E-state index in [0.717, 1.165) is 11.1 Å². The van der Waals surface area contributed by atoms with E-state index in [-0.39, 0.29) is 50.3 Å². The lowest BCUT2D eigenvalue weighted by molar-refractivity contribution is -0.141. The number of hydrogen-bond acceptors (Lipinski definition) is 5. The number of nitrogens with two attached hydrogens (primary N) is 1. The zero-order valence-corrected chi connectivity index (χ0v) is 18.0. The summed E-state index contributed by atoms with van der Waals surface area (Å²) < 4.78 is 5.08. The second-order valence-electron chi connectivity index (χ2n) is 7.18. The molecule has 32 heavy (non-hydrogen) atoms. The third-order valence-corrected chi connectivity index (χ3v) is 4.93. The fourth-order valence-corrected chi connectivity index (χ4v) is 3.14. The molecule has 0 radical (unpaired) electrons. The van der Waals surface area contributed by atoms with Crippen LogP contribution in [-0.4, -0.2) is 41.5 Å². The van der Waals surface area contributed by atoms with Crippen LogP contribution in [-0.2, 0) is 27.5 Å². The largest absolute Gasteiger partial charge is 0.481 e. The van der Waals surface area contributed by atoms with E-state index in [1.807, 2.05) is 30.3 Å². The highest BCUT2D eigenvalue weighted by molar-refractivity contribution is 6.02. The molecular formula is C22H25ClN4O5. The Morgan fingerprint density at radius 1 is 1.09 bits per heavy atom. The highest BCUT2D eigenvalue weighted by atomic mass is 35.5. The number of nitrogens with zero attached hydrogens (tertiary/aromatic N) is 1. The molecule has 1 fully saturated rings. The fraction of sp³-hybridized carbons (Fsp3) is 0.273. The molecule has 1 saturated heterocycles. The highest BCUT2D eigenvalue weighted by Gasteiger charge is 2.33. The van der Waals surface area contributed by atoms with E-state index in [1.165, 1.54) is 0 Å². The molecule has 2 aromatic carbocycles. The Bertz CT molecular complexity index is 966. The van der Waals surface area contributed by atoms with Crippen LogP contribution in [0.1, 0.15) is 23.1 Å². The van der Waals surface area contributed by atoms with Gasteiger partial charge in [0, 0.05) is 18.7 Å². The summed E-state index contributed by atoms with van der Waals surface area (Å²) in [4.78, 5) is 38.8. The van der Waals surface area contributed by atoms with Gasteiger partial charge in [0.25, 0.3) is 0 Å². The first-order valence-corrected chi connectivity index (χ1v) is 9.80. The van der Waals surface area contributed by atoms with Crippen molar-refractivity contribution < 1.29 is 24.2 Å².